The van der Waals surface area contributed by atoms with E-state index >= 15 is 0 Å². The third-order valence-corrected chi connectivity index (χ3v) is 2.00. The minimum absolute atomic E-state index is 0.147. The number of esters is 1. The molecule has 0 saturated heterocycles. The highest BCUT2D eigenvalue weighted by atomic mass is 16.5. The molecule has 0 aromatic rings. The third kappa shape index (κ3) is 5.33. The van der Waals surface area contributed by atoms with Gasteiger partial charge in [-0.25, -0.2) is 0 Å². The number of amides is 2. The fourth-order valence-electron chi connectivity index (χ4n) is 1.23. The first-order valence-electron chi connectivity index (χ1n) is 5.11. The molecule has 0 aliphatic carbocycles. The first kappa shape index (κ1) is 14.4. The molecule has 3 N–H and O–H groups in total. The highest BCUT2D eigenvalue weighted by Gasteiger charge is 2.24. The largest absolute Gasteiger partial charge is 0.466 e. The maximum atomic E-state index is 11.3. The van der Waals surface area contributed by atoms with E-state index in [0.717, 1.165) is 0 Å². The van der Waals surface area contributed by atoms with Crippen molar-refractivity contribution < 1.29 is 19.1 Å². The van der Waals surface area contributed by atoms with Gasteiger partial charge in [-0.05, 0) is 13.3 Å². The Hall–Kier alpha value is -1.59. The van der Waals surface area contributed by atoms with Gasteiger partial charge in [0.1, 0.15) is 6.04 Å². The molecule has 2 amide bonds. The maximum Gasteiger partial charge on any atom is 0.308 e. The van der Waals surface area contributed by atoms with Crippen LogP contribution in [0.4, 0.5) is 0 Å². The highest BCUT2D eigenvalue weighted by molar-refractivity contribution is 5.86. The number of nitrogens with two attached hydrogens (primary N) is 1. The Morgan fingerprint density at radius 2 is 1.94 bits per heavy atom. The normalized spacial score (nSPS) is 13.7. The smallest absolute Gasteiger partial charge is 0.308 e. The molecular weight excluding hydrogens is 212 g/mol. The summed E-state index contributed by atoms with van der Waals surface area (Å²) in [6, 6.07) is -0.836. The summed E-state index contributed by atoms with van der Waals surface area (Å²) in [7, 11) is 0. The number of hydrogen-bond acceptors (Lipinski definition) is 4. The summed E-state index contributed by atoms with van der Waals surface area (Å²) in [5.41, 5.74) is 5.10. The number of carbonyl (C=O) groups excluding carboxylic acids is 3. The molecule has 0 aromatic heterocycles. The Morgan fingerprint density at radius 3 is 2.31 bits per heavy atom. The van der Waals surface area contributed by atoms with Crippen LogP contribution in [-0.2, 0) is 19.1 Å². The van der Waals surface area contributed by atoms with Crippen molar-refractivity contribution in [2.24, 2.45) is 11.7 Å². The molecule has 6 heteroatoms. The van der Waals surface area contributed by atoms with Gasteiger partial charge < -0.3 is 15.8 Å². The molecule has 0 bridgehead atoms. The molecule has 0 radical (unpaired) electrons. The summed E-state index contributed by atoms with van der Waals surface area (Å²) in [5.74, 6) is -1.91. The average molecular weight is 230 g/mol. The van der Waals surface area contributed by atoms with E-state index in [1.807, 2.05) is 0 Å². The van der Waals surface area contributed by atoms with Crippen molar-refractivity contribution in [2.75, 3.05) is 6.61 Å². The van der Waals surface area contributed by atoms with Crippen LogP contribution >= 0.6 is 0 Å². The second-order valence-corrected chi connectivity index (χ2v) is 3.54. The Morgan fingerprint density at radius 1 is 1.38 bits per heavy atom. The minimum atomic E-state index is -0.836. The molecule has 2 atom stereocenters. The monoisotopic (exact) mass is 230 g/mol. The van der Waals surface area contributed by atoms with Crippen LogP contribution in [0.15, 0.2) is 0 Å². The zero-order valence-electron chi connectivity index (χ0n) is 9.78. The van der Waals surface area contributed by atoms with Gasteiger partial charge in [0.15, 0.2) is 0 Å². The van der Waals surface area contributed by atoms with Gasteiger partial charge in [0.2, 0.25) is 11.8 Å². The van der Waals surface area contributed by atoms with Crippen molar-refractivity contribution in [3.05, 3.63) is 0 Å². The van der Waals surface area contributed by atoms with Gasteiger partial charge in [0.25, 0.3) is 0 Å². The van der Waals surface area contributed by atoms with Crippen molar-refractivity contribution in [3.8, 4) is 0 Å². The van der Waals surface area contributed by atoms with Crippen molar-refractivity contribution in [2.45, 2.75) is 33.2 Å². The molecule has 0 saturated carbocycles. The van der Waals surface area contributed by atoms with Gasteiger partial charge in [-0.15, -0.1) is 0 Å². The zero-order valence-corrected chi connectivity index (χ0v) is 9.78. The Balaban J connectivity index is 4.33. The number of primary amides is 1. The highest BCUT2D eigenvalue weighted by Crippen LogP contribution is 2.08. The van der Waals surface area contributed by atoms with E-state index in [1.165, 1.54) is 6.92 Å². The second-order valence-electron chi connectivity index (χ2n) is 3.54. The van der Waals surface area contributed by atoms with Crippen LogP contribution in [-0.4, -0.2) is 30.4 Å². The lowest BCUT2D eigenvalue weighted by Crippen LogP contribution is -2.45. The fourth-order valence-corrected chi connectivity index (χ4v) is 1.23. The molecule has 0 spiro atoms. The van der Waals surface area contributed by atoms with Crippen molar-refractivity contribution in [3.63, 3.8) is 0 Å². The third-order valence-electron chi connectivity index (χ3n) is 2.00. The summed E-state index contributed by atoms with van der Waals surface area (Å²) in [4.78, 5) is 33.1. The molecule has 0 aromatic carbocycles. The van der Waals surface area contributed by atoms with Gasteiger partial charge in [0.05, 0.1) is 12.5 Å². The van der Waals surface area contributed by atoms with E-state index in [0.29, 0.717) is 0 Å². The summed E-state index contributed by atoms with van der Waals surface area (Å²) >= 11 is 0. The summed E-state index contributed by atoms with van der Waals surface area (Å²) < 4.78 is 4.79. The summed E-state index contributed by atoms with van der Waals surface area (Å²) in [6.45, 7) is 4.88. The van der Waals surface area contributed by atoms with E-state index in [9.17, 15) is 14.4 Å². The molecule has 0 heterocycles. The van der Waals surface area contributed by atoms with Crippen LogP contribution in [0.5, 0.6) is 0 Å². The van der Waals surface area contributed by atoms with Gasteiger partial charge in [-0.2, -0.15) is 0 Å². The van der Waals surface area contributed by atoms with E-state index in [-0.39, 0.29) is 18.9 Å². The lowest BCUT2D eigenvalue weighted by Gasteiger charge is -2.17. The lowest BCUT2D eigenvalue weighted by atomic mass is 10.0. The molecule has 0 aliphatic rings. The Kier molecular flexibility index (Phi) is 6.14. The standard InChI is InChI=1S/C10H18N2O4/c1-4-16-10(15)6(2)5-8(9(11)14)12-7(3)13/h6,8H,4-5H2,1-3H3,(H2,11,14)(H,12,13)/t6-,8-/m1/s1. The van der Waals surface area contributed by atoms with Gasteiger partial charge >= 0.3 is 5.97 Å². The van der Waals surface area contributed by atoms with Gasteiger partial charge in [-0.1, -0.05) is 6.92 Å². The predicted octanol–water partition coefficient (Wildman–Crippen LogP) is -0.434. The van der Waals surface area contributed by atoms with Crippen LogP contribution < -0.4 is 11.1 Å². The van der Waals surface area contributed by atoms with Gasteiger partial charge in [-0.3, -0.25) is 14.4 Å². The van der Waals surface area contributed by atoms with Gasteiger partial charge in [0, 0.05) is 6.92 Å². The predicted molar refractivity (Wildman–Crippen MR) is 57.2 cm³/mol. The molecule has 0 unspecified atom stereocenters. The molecular formula is C10H18N2O4. The summed E-state index contributed by atoms with van der Waals surface area (Å²) in [6.07, 6.45) is 0.147. The molecule has 92 valence electrons. The van der Waals surface area contributed by atoms with Crippen LogP contribution in [0.2, 0.25) is 0 Å². The van der Waals surface area contributed by atoms with Crippen LogP contribution in [0, 0.1) is 5.92 Å². The molecule has 0 aliphatic heterocycles. The first-order valence-corrected chi connectivity index (χ1v) is 5.11. The minimum Gasteiger partial charge on any atom is -0.466 e. The number of ether oxygens (including phenoxy) is 1. The fraction of sp³-hybridized carbons (Fsp3) is 0.700. The topological polar surface area (TPSA) is 98.5 Å². The van der Waals surface area contributed by atoms with Crippen LogP contribution in [0.1, 0.15) is 27.2 Å². The Bertz CT molecular complexity index is 278. The molecule has 0 rings (SSSR count). The van der Waals surface area contributed by atoms with E-state index in [4.69, 9.17) is 10.5 Å². The average Bonchev–Trinajstić information content (AvgIpc) is 2.16. The summed E-state index contributed by atoms with van der Waals surface area (Å²) in [5, 5.41) is 2.39. The second kappa shape index (κ2) is 6.81. The zero-order chi connectivity index (χ0) is 12.7. The lowest BCUT2D eigenvalue weighted by molar-refractivity contribution is -0.148. The quantitative estimate of drug-likeness (QED) is 0.604. The van der Waals surface area contributed by atoms with Crippen LogP contribution in [0.25, 0.3) is 0 Å². The molecule has 6 nitrogen and oxygen atoms in total. The molecule has 16 heavy (non-hydrogen) atoms. The van der Waals surface area contributed by atoms with Crippen molar-refractivity contribution >= 4 is 17.8 Å². The van der Waals surface area contributed by atoms with E-state index in [2.05, 4.69) is 5.32 Å². The van der Waals surface area contributed by atoms with Crippen molar-refractivity contribution in [1.82, 2.24) is 5.32 Å². The number of rotatable bonds is 6. The molecule has 0 fully saturated rings. The Labute approximate surface area is 94.5 Å². The first-order chi connectivity index (χ1) is 7.38. The maximum absolute atomic E-state index is 11.3. The number of hydrogen-bond donors (Lipinski definition) is 2. The number of nitrogens with one attached hydrogen (secondary N) is 1. The van der Waals surface area contributed by atoms with E-state index < -0.39 is 23.8 Å². The number of carbonyl (C=O) groups is 3. The van der Waals surface area contributed by atoms with Crippen molar-refractivity contribution in [1.29, 1.82) is 0 Å². The van der Waals surface area contributed by atoms with E-state index in [1.54, 1.807) is 13.8 Å². The SMILES string of the molecule is CCOC(=O)[C@H](C)C[C@@H](NC(C)=O)C(N)=O. The van der Waals surface area contributed by atoms with Crippen LogP contribution in [0.3, 0.4) is 0 Å².